The molecule has 1 aromatic rings. The van der Waals surface area contributed by atoms with Gasteiger partial charge in [-0.2, -0.15) is 0 Å². The smallest absolute Gasteiger partial charge is 0.225 e. The lowest BCUT2D eigenvalue weighted by atomic mass is 9.94. The number of amides is 1. The van der Waals surface area contributed by atoms with Crippen LogP contribution in [0.15, 0.2) is 36.5 Å². The minimum absolute atomic E-state index is 0.0385. The Morgan fingerprint density at radius 2 is 1.54 bits per heavy atom. The fourth-order valence-electron chi connectivity index (χ4n) is 3.17. The van der Waals surface area contributed by atoms with Crippen molar-refractivity contribution in [3.05, 3.63) is 47.7 Å². The van der Waals surface area contributed by atoms with Gasteiger partial charge in [0.2, 0.25) is 5.91 Å². The van der Waals surface area contributed by atoms with Crippen LogP contribution in [0.3, 0.4) is 0 Å². The van der Waals surface area contributed by atoms with Crippen molar-refractivity contribution < 1.29 is 4.79 Å². The van der Waals surface area contributed by atoms with Gasteiger partial charge in [-0.1, -0.05) is 71.0 Å². The summed E-state index contributed by atoms with van der Waals surface area (Å²) in [5, 5.41) is 6.52. The number of nitrogens with one attached hydrogen (secondary N) is 2. The molecule has 1 aromatic carbocycles. The van der Waals surface area contributed by atoms with Crippen LogP contribution in [-0.4, -0.2) is 12.5 Å². The molecule has 3 heteroatoms. The quantitative estimate of drug-likeness (QED) is 0.580. The molecule has 0 saturated heterocycles. The molecule has 1 rings (SSSR count). The lowest BCUT2D eigenvalue weighted by Gasteiger charge is -2.23. The molecule has 0 aromatic heterocycles. The highest BCUT2D eigenvalue weighted by molar-refractivity contribution is 5.78. The molecule has 0 radical (unpaired) electrons. The molecule has 2 atom stereocenters. The number of carbonyl (C=O) groups is 1. The topological polar surface area (TPSA) is 41.1 Å². The molecule has 3 nitrogen and oxygen atoms in total. The Morgan fingerprint density at radius 1 is 0.962 bits per heavy atom. The van der Waals surface area contributed by atoms with Crippen molar-refractivity contribution in [2.75, 3.05) is 6.54 Å². The van der Waals surface area contributed by atoms with Gasteiger partial charge in [0.1, 0.15) is 0 Å². The Bertz CT molecular complexity index is 560. The van der Waals surface area contributed by atoms with Crippen LogP contribution in [-0.2, 0) is 11.3 Å². The molecule has 0 spiro atoms. The molecule has 1 unspecified atom stereocenters. The fraction of sp³-hybridized carbons (Fsp3) is 0.609. The fourth-order valence-corrected chi connectivity index (χ4v) is 3.17. The summed E-state index contributed by atoms with van der Waals surface area (Å²) in [7, 11) is 0. The van der Waals surface area contributed by atoms with E-state index in [9.17, 15) is 4.79 Å². The van der Waals surface area contributed by atoms with Gasteiger partial charge in [-0.3, -0.25) is 4.79 Å². The molecule has 146 valence electrons. The van der Waals surface area contributed by atoms with Crippen LogP contribution in [0.1, 0.15) is 58.6 Å². The van der Waals surface area contributed by atoms with Gasteiger partial charge < -0.3 is 10.6 Å². The summed E-state index contributed by atoms with van der Waals surface area (Å²) in [5.41, 5.74) is 3.41. The molecular weight excluding hydrogens is 320 g/mol. The highest BCUT2D eigenvalue weighted by Gasteiger charge is 2.20. The van der Waals surface area contributed by atoms with E-state index < -0.39 is 0 Å². The lowest BCUT2D eigenvalue weighted by Crippen LogP contribution is -2.37. The highest BCUT2D eigenvalue weighted by atomic mass is 16.1. The zero-order valence-corrected chi connectivity index (χ0v) is 17.6. The summed E-state index contributed by atoms with van der Waals surface area (Å²) in [6.07, 6.45) is 1.98. The second-order valence-corrected chi connectivity index (χ2v) is 8.47. The van der Waals surface area contributed by atoms with Gasteiger partial charge >= 0.3 is 0 Å². The summed E-state index contributed by atoms with van der Waals surface area (Å²) >= 11 is 0. The maximum Gasteiger partial charge on any atom is 0.225 e. The molecule has 0 aliphatic carbocycles. The predicted octanol–water partition coefficient (Wildman–Crippen LogP) is 5.06. The van der Waals surface area contributed by atoms with Gasteiger partial charge in [0, 0.05) is 18.8 Å². The largest absolute Gasteiger partial charge is 0.388 e. The van der Waals surface area contributed by atoms with E-state index in [1.165, 1.54) is 5.56 Å². The highest BCUT2D eigenvalue weighted by Crippen LogP contribution is 2.18. The summed E-state index contributed by atoms with van der Waals surface area (Å²) in [4.78, 5) is 12.7. The van der Waals surface area contributed by atoms with E-state index in [1.807, 2.05) is 0 Å². The van der Waals surface area contributed by atoms with E-state index in [4.69, 9.17) is 0 Å². The van der Waals surface area contributed by atoms with Crippen LogP contribution < -0.4 is 10.6 Å². The molecule has 0 heterocycles. The minimum atomic E-state index is -0.0385. The zero-order valence-electron chi connectivity index (χ0n) is 17.6. The van der Waals surface area contributed by atoms with Crippen molar-refractivity contribution in [1.82, 2.24) is 10.6 Å². The maximum atomic E-state index is 12.7. The third kappa shape index (κ3) is 8.55. The van der Waals surface area contributed by atoms with Gasteiger partial charge in [0.25, 0.3) is 0 Å². The van der Waals surface area contributed by atoms with E-state index in [-0.39, 0.29) is 11.8 Å². The predicted molar refractivity (Wildman–Crippen MR) is 112 cm³/mol. The van der Waals surface area contributed by atoms with E-state index >= 15 is 0 Å². The average molecular weight is 359 g/mol. The number of hydrogen-bond acceptors (Lipinski definition) is 2. The first-order valence-electron chi connectivity index (χ1n) is 9.95. The van der Waals surface area contributed by atoms with Crippen LogP contribution in [0.5, 0.6) is 0 Å². The van der Waals surface area contributed by atoms with Crippen molar-refractivity contribution in [1.29, 1.82) is 0 Å². The molecule has 0 fully saturated rings. The van der Waals surface area contributed by atoms with Crippen molar-refractivity contribution in [3.8, 4) is 0 Å². The monoisotopic (exact) mass is 358 g/mol. The lowest BCUT2D eigenvalue weighted by molar-refractivity contribution is -0.125. The molecule has 2 N–H and O–H groups in total. The van der Waals surface area contributed by atoms with E-state index in [1.54, 1.807) is 0 Å². The van der Waals surface area contributed by atoms with Crippen molar-refractivity contribution in [3.63, 3.8) is 0 Å². The number of allylic oxidation sites excluding steroid dienone is 1. The minimum Gasteiger partial charge on any atom is -0.388 e. The Kier molecular flexibility index (Phi) is 9.47. The Hall–Kier alpha value is -1.77. The molecule has 0 aliphatic rings. The van der Waals surface area contributed by atoms with Crippen molar-refractivity contribution in [2.24, 2.45) is 23.7 Å². The Balaban J connectivity index is 2.57. The zero-order chi connectivity index (χ0) is 19.7. The standard InChI is InChI=1S/C23H38N2O/c1-16(2)12-19(6)20(7)24-15-22(13-17(3)4)23(26)25-14-21-10-8-18(5)9-11-21/h8-11,16-17,19,22,24H,7,12-15H2,1-6H3,(H,25,26)/t19?,22-/m1/s1. The first-order chi connectivity index (χ1) is 12.2. The number of hydrogen-bond donors (Lipinski definition) is 2. The second kappa shape index (κ2) is 11.1. The molecule has 26 heavy (non-hydrogen) atoms. The summed E-state index contributed by atoms with van der Waals surface area (Å²) in [5.74, 6) is 1.63. The van der Waals surface area contributed by atoms with Gasteiger partial charge in [-0.15, -0.1) is 0 Å². The molecular formula is C23H38N2O. The van der Waals surface area contributed by atoms with Crippen LogP contribution in [0.2, 0.25) is 0 Å². The normalized spacial score (nSPS) is 13.5. The summed E-state index contributed by atoms with van der Waals surface area (Å²) in [6, 6.07) is 8.30. The summed E-state index contributed by atoms with van der Waals surface area (Å²) < 4.78 is 0. The maximum absolute atomic E-state index is 12.7. The number of aryl methyl sites for hydroxylation is 1. The third-order valence-electron chi connectivity index (χ3n) is 4.71. The Labute approximate surface area is 160 Å². The molecule has 0 aliphatic heterocycles. The molecule has 0 bridgehead atoms. The van der Waals surface area contributed by atoms with E-state index in [0.29, 0.717) is 30.8 Å². The summed E-state index contributed by atoms with van der Waals surface area (Å²) in [6.45, 7) is 18.5. The second-order valence-electron chi connectivity index (χ2n) is 8.47. The third-order valence-corrected chi connectivity index (χ3v) is 4.71. The van der Waals surface area contributed by atoms with E-state index in [2.05, 4.69) is 83.0 Å². The van der Waals surface area contributed by atoms with Crippen molar-refractivity contribution in [2.45, 2.75) is 60.9 Å². The molecule has 1 amide bonds. The van der Waals surface area contributed by atoms with Gasteiger partial charge in [0.15, 0.2) is 0 Å². The van der Waals surface area contributed by atoms with Gasteiger partial charge in [-0.25, -0.2) is 0 Å². The number of carbonyl (C=O) groups excluding carboxylic acids is 1. The molecule has 0 saturated carbocycles. The van der Waals surface area contributed by atoms with Crippen LogP contribution in [0, 0.1) is 30.6 Å². The van der Waals surface area contributed by atoms with Gasteiger partial charge in [0.05, 0.1) is 5.92 Å². The SMILES string of the molecule is C=C(NC[C@@H](CC(C)C)C(=O)NCc1ccc(C)cc1)C(C)CC(C)C. The van der Waals surface area contributed by atoms with Crippen molar-refractivity contribution >= 4 is 5.91 Å². The van der Waals surface area contributed by atoms with Crippen LogP contribution in [0.4, 0.5) is 0 Å². The first kappa shape index (κ1) is 22.3. The van der Waals surface area contributed by atoms with Crippen LogP contribution >= 0.6 is 0 Å². The first-order valence-corrected chi connectivity index (χ1v) is 9.95. The average Bonchev–Trinajstić information content (AvgIpc) is 2.56. The number of rotatable bonds is 11. The van der Waals surface area contributed by atoms with E-state index in [0.717, 1.165) is 24.1 Å². The van der Waals surface area contributed by atoms with Crippen LogP contribution in [0.25, 0.3) is 0 Å². The number of benzene rings is 1. The Morgan fingerprint density at radius 3 is 2.08 bits per heavy atom. The van der Waals surface area contributed by atoms with Gasteiger partial charge in [-0.05, 0) is 43.1 Å².